The van der Waals surface area contributed by atoms with E-state index < -0.39 is 0 Å². The molecule has 0 atom stereocenters. The highest BCUT2D eigenvalue weighted by Gasteiger charge is 2.09. The Hall–Kier alpha value is -2.45. The highest BCUT2D eigenvalue weighted by atomic mass is 16.5. The number of aromatic nitrogens is 1. The molecule has 2 rings (SSSR count). The molecule has 5 heteroatoms. The number of ether oxygens (including phenoxy) is 1. The van der Waals surface area contributed by atoms with E-state index in [1.807, 2.05) is 42.8 Å². The van der Waals surface area contributed by atoms with Crippen LogP contribution in [0.15, 0.2) is 24.3 Å². The monoisotopic (exact) mass is 285 g/mol. The molecule has 0 fully saturated rings. The first-order chi connectivity index (χ1) is 10.1. The van der Waals surface area contributed by atoms with Gasteiger partial charge in [-0.1, -0.05) is 0 Å². The molecule has 0 aliphatic carbocycles. The molecular formula is C16H19N3O2. The SMILES string of the molecule is COc1ccc(NCc2cc(C#N)n(C)c2C)cc1CO. The van der Waals surface area contributed by atoms with Crippen LogP contribution < -0.4 is 10.1 Å². The first kappa shape index (κ1) is 14.9. The van der Waals surface area contributed by atoms with Crippen LogP contribution in [0.5, 0.6) is 5.75 Å². The Morgan fingerprint density at radius 2 is 2.10 bits per heavy atom. The fraction of sp³-hybridized carbons (Fsp3) is 0.312. The zero-order valence-corrected chi connectivity index (χ0v) is 12.5. The van der Waals surface area contributed by atoms with Gasteiger partial charge in [-0.15, -0.1) is 0 Å². The van der Waals surface area contributed by atoms with Gasteiger partial charge in [0, 0.05) is 30.5 Å². The van der Waals surface area contributed by atoms with E-state index in [1.165, 1.54) is 0 Å². The van der Waals surface area contributed by atoms with E-state index in [0.29, 0.717) is 18.0 Å². The number of methoxy groups -OCH3 is 1. The fourth-order valence-corrected chi connectivity index (χ4v) is 2.26. The molecule has 1 aromatic carbocycles. The zero-order valence-electron chi connectivity index (χ0n) is 12.5. The average Bonchev–Trinajstić information content (AvgIpc) is 2.80. The Labute approximate surface area is 124 Å². The Kier molecular flexibility index (Phi) is 4.51. The average molecular weight is 285 g/mol. The molecule has 0 unspecified atom stereocenters. The molecule has 0 radical (unpaired) electrons. The third kappa shape index (κ3) is 3.01. The van der Waals surface area contributed by atoms with Crippen LogP contribution in [0.25, 0.3) is 0 Å². The van der Waals surface area contributed by atoms with Gasteiger partial charge in [-0.05, 0) is 36.8 Å². The fourth-order valence-electron chi connectivity index (χ4n) is 2.26. The topological polar surface area (TPSA) is 70.2 Å². The number of nitriles is 1. The Balaban J connectivity index is 2.15. The largest absolute Gasteiger partial charge is 0.496 e. The minimum atomic E-state index is -0.0678. The van der Waals surface area contributed by atoms with Crippen molar-refractivity contribution < 1.29 is 9.84 Å². The summed E-state index contributed by atoms with van der Waals surface area (Å²) in [6.07, 6.45) is 0. The van der Waals surface area contributed by atoms with E-state index in [0.717, 1.165) is 22.5 Å². The van der Waals surface area contributed by atoms with Gasteiger partial charge in [-0.25, -0.2) is 0 Å². The van der Waals surface area contributed by atoms with Crippen molar-refractivity contribution in [2.75, 3.05) is 12.4 Å². The van der Waals surface area contributed by atoms with Crippen molar-refractivity contribution in [1.29, 1.82) is 5.26 Å². The molecule has 0 spiro atoms. The first-order valence-corrected chi connectivity index (χ1v) is 6.67. The number of nitrogens with zero attached hydrogens (tertiary/aromatic N) is 2. The van der Waals surface area contributed by atoms with Crippen LogP contribution in [0.3, 0.4) is 0 Å². The Bertz CT molecular complexity index is 684. The standard InChI is InChI=1S/C16H19N3O2/c1-11-12(7-15(8-17)19(11)2)9-18-14-4-5-16(21-3)13(6-14)10-20/h4-7,18,20H,9-10H2,1-3H3. The lowest BCUT2D eigenvalue weighted by atomic mass is 10.1. The van der Waals surface area contributed by atoms with Gasteiger partial charge in [0.15, 0.2) is 0 Å². The molecule has 110 valence electrons. The summed E-state index contributed by atoms with van der Waals surface area (Å²) >= 11 is 0. The summed E-state index contributed by atoms with van der Waals surface area (Å²) in [5.41, 5.74) is 4.44. The molecule has 5 nitrogen and oxygen atoms in total. The Morgan fingerprint density at radius 3 is 2.67 bits per heavy atom. The van der Waals surface area contributed by atoms with Gasteiger partial charge in [-0.3, -0.25) is 0 Å². The highest BCUT2D eigenvalue weighted by molar-refractivity contribution is 5.51. The first-order valence-electron chi connectivity index (χ1n) is 6.67. The van der Waals surface area contributed by atoms with Gasteiger partial charge in [0.05, 0.1) is 13.7 Å². The van der Waals surface area contributed by atoms with Gasteiger partial charge >= 0.3 is 0 Å². The maximum absolute atomic E-state index is 9.33. The van der Waals surface area contributed by atoms with Crippen molar-refractivity contribution in [3.05, 3.63) is 46.8 Å². The lowest BCUT2D eigenvalue weighted by Gasteiger charge is -2.11. The molecule has 0 saturated carbocycles. The highest BCUT2D eigenvalue weighted by Crippen LogP contribution is 2.23. The molecule has 1 heterocycles. The van der Waals surface area contributed by atoms with E-state index in [4.69, 9.17) is 10.00 Å². The molecule has 0 saturated heterocycles. The maximum atomic E-state index is 9.33. The lowest BCUT2D eigenvalue weighted by Crippen LogP contribution is -2.02. The van der Waals surface area contributed by atoms with Gasteiger partial charge in [0.2, 0.25) is 0 Å². The number of hydrogen-bond acceptors (Lipinski definition) is 4. The molecule has 0 aliphatic rings. The Morgan fingerprint density at radius 1 is 1.33 bits per heavy atom. The normalized spacial score (nSPS) is 10.2. The van der Waals surface area contributed by atoms with Crippen molar-refractivity contribution in [3.8, 4) is 11.8 Å². The van der Waals surface area contributed by atoms with Crippen molar-refractivity contribution >= 4 is 5.69 Å². The maximum Gasteiger partial charge on any atom is 0.124 e. The molecule has 2 N–H and O–H groups in total. The molecule has 0 bridgehead atoms. The van der Waals surface area contributed by atoms with E-state index in [-0.39, 0.29) is 6.61 Å². The molecule has 0 amide bonds. The second-order valence-corrected chi connectivity index (χ2v) is 4.85. The number of aliphatic hydroxyl groups is 1. The molecule has 2 aromatic rings. The van der Waals surface area contributed by atoms with E-state index in [1.54, 1.807) is 7.11 Å². The van der Waals surface area contributed by atoms with Crippen molar-refractivity contribution in [1.82, 2.24) is 4.57 Å². The van der Waals surface area contributed by atoms with Crippen LogP contribution in [0.2, 0.25) is 0 Å². The predicted octanol–water partition coefficient (Wildman–Crippen LogP) is 2.32. The second-order valence-electron chi connectivity index (χ2n) is 4.85. The number of rotatable bonds is 5. The van der Waals surface area contributed by atoms with Crippen molar-refractivity contribution in [2.24, 2.45) is 7.05 Å². The second kappa shape index (κ2) is 6.33. The number of hydrogen-bond donors (Lipinski definition) is 2. The van der Waals surface area contributed by atoms with Crippen LogP contribution in [0.1, 0.15) is 22.5 Å². The van der Waals surface area contributed by atoms with E-state index >= 15 is 0 Å². The van der Waals surface area contributed by atoms with Gasteiger partial charge in [-0.2, -0.15) is 5.26 Å². The zero-order chi connectivity index (χ0) is 15.4. The van der Waals surface area contributed by atoms with Gasteiger partial charge < -0.3 is 19.7 Å². The van der Waals surface area contributed by atoms with E-state index in [9.17, 15) is 5.11 Å². The van der Waals surface area contributed by atoms with Crippen LogP contribution in [0, 0.1) is 18.3 Å². The number of benzene rings is 1. The summed E-state index contributed by atoms with van der Waals surface area (Å²) in [5, 5.41) is 21.7. The molecule has 0 aliphatic heterocycles. The van der Waals surface area contributed by atoms with Crippen molar-refractivity contribution in [2.45, 2.75) is 20.1 Å². The number of nitrogens with one attached hydrogen (secondary N) is 1. The summed E-state index contributed by atoms with van der Waals surface area (Å²) in [6, 6.07) is 9.65. The predicted molar refractivity (Wildman–Crippen MR) is 81.1 cm³/mol. The minimum Gasteiger partial charge on any atom is -0.496 e. The lowest BCUT2D eigenvalue weighted by molar-refractivity contribution is 0.274. The van der Waals surface area contributed by atoms with Gasteiger partial charge in [0.1, 0.15) is 17.5 Å². The summed E-state index contributed by atoms with van der Waals surface area (Å²) < 4.78 is 7.06. The number of anilines is 1. The summed E-state index contributed by atoms with van der Waals surface area (Å²) in [6.45, 7) is 2.55. The minimum absolute atomic E-state index is 0.0678. The quantitative estimate of drug-likeness (QED) is 0.884. The van der Waals surface area contributed by atoms with Crippen LogP contribution >= 0.6 is 0 Å². The van der Waals surface area contributed by atoms with Crippen LogP contribution in [-0.2, 0) is 20.2 Å². The summed E-state index contributed by atoms with van der Waals surface area (Å²) in [4.78, 5) is 0. The molecular weight excluding hydrogens is 266 g/mol. The molecule has 1 aromatic heterocycles. The van der Waals surface area contributed by atoms with Crippen LogP contribution in [0.4, 0.5) is 5.69 Å². The third-order valence-electron chi connectivity index (χ3n) is 3.69. The summed E-state index contributed by atoms with van der Waals surface area (Å²) in [7, 11) is 3.47. The smallest absolute Gasteiger partial charge is 0.124 e. The summed E-state index contributed by atoms with van der Waals surface area (Å²) in [5.74, 6) is 0.672. The number of aliphatic hydroxyl groups excluding tert-OH is 1. The molecule has 21 heavy (non-hydrogen) atoms. The van der Waals surface area contributed by atoms with Gasteiger partial charge in [0.25, 0.3) is 0 Å². The third-order valence-corrected chi connectivity index (χ3v) is 3.69. The van der Waals surface area contributed by atoms with E-state index in [2.05, 4.69) is 11.4 Å². The van der Waals surface area contributed by atoms with Crippen molar-refractivity contribution in [3.63, 3.8) is 0 Å². The van der Waals surface area contributed by atoms with Crippen LogP contribution in [-0.4, -0.2) is 16.8 Å².